The number of ether oxygens (including phenoxy) is 3. The molecular weight excluding hydrogens is 350 g/mol. The Bertz CT molecular complexity index is 818. The number of hydrogen-bond acceptors (Lipinski definition) is 6. The molecule has 1 heterocycles. The van der Waals surface area contributed by atoms with Gasteiger partial charge < -0.3 is 24.6 Å². The molecule has 2 aromatic carbocycles. The predicted octanol–water partition coefficient (Wildman–Crippen LogP) is 1.61. The molecule has 142 valence electrons. The number of benzene rings is 2. The van der Waals surface area contributed by atoms with Crippen molar-refractivity contribution < 1.29 is 28.9 Å². The van der Waals surface area contributed by atoms with Crippen LogP contribution in [0.25, 0.3) is 0 Å². The summed E-state index contributed by atoms with van der Waals surface area (Å²) in [6, 6.07) is 11.0. The Hall–Kier alpha value is -3.22. The van der Waals surface area contributed by atoms with Gasteiger partial charge in [-0.05, 0) is 35.4 Å². The van der Waals surface area contributed by atoms with Gasteiger partial charge in [0.25, 0.3) is 0 Å². The van der Waals surface area contributed by atoms with Crippen LogP contribution in [0.15, 0.2) is 42.5 Å². The number of hydrogen-bond donors (Lipinski definition) is 2. The van der Waals surface area contributed by atoms with Crippen LogP contribution in [0.5, 0.6) is 17.2 Å². The molecule has 7 heteroatoms. The molecule has 0 fully saturated rings. The standard InChI is InChI=1S/C20H21NO6/c1-25-20(24)16(10-13-2-5-15(22)6-3-13)21-19(23)12-14-4-7-17-18(11-14)27-9-8-26-17/h2-7,11,16,22H,8-10,12H2,1H3,(H,21,23)/t16-/m1/s1. The quantitative estimate of drug-likeness (QED) is 0.750. The maximum Gasteiger partial charge on any atom is 0.328 e. The van der Waals surface area contributed by atoms with Crippen molar-refractivity contribution in [3.05, 3.63) is 53.6 Å². The summed E-state index contributed by atoms with van der Waals surface area (Å²) >= 11 is 0. The highest BCUT2D eigenvalue weighted by Gasteiger charge is 2.22. The number of rotatable bonds is 6. The number of aromatic hydroxyl groups is 1. The number of nitrogens with one attached hydrogen (secondary N) is 1. The fourth-order valence-corrected chi connectivity index (χ4v) is 2.83. The highest BCUT2D eigenvalue weighted by Crippen LogP contribution is 2.30. The fourth-order valence-electron chi connectivity index (χ4n) is 2.83. The molecule has 2 aromatic rings. The maximum atomic E-state index is 12.4. The lowest BCUT2D eigenvalue weighted by Crippen LogP contribution is -2.43. The molecular formula is C20H21NO6. The van der Waals surface area contributed by atoms with Gasteiger partial charge in [-0.1, -0.05) is 18.2 Å². The summed E-state index contributed by atoms with van der Waals surface area (Å²) in [5.41, 5.74) is 1.55. The third-order valence-electron chi connectivity index (χ3n) is 4.17. The summed E-state index contributed by atoms with van der Waals surface area (Å²) < 4.78 is 15.8. The summed E-state index contributed by atoms with van der Waals surface area (Å²) in [5, 5.41) is 12.1. The Balaban J connectivity index is 1.65. The number of fused-ring (bicyclic) bond motifs is 1. The highest BCUT2D eigenvalue weighted by molar-refractivity contribution is 5.86. The molecule has 27 heavy (non-hydrogen) atoms. The van der Waals surface area contributed by atoms with Crippen LogP contribution in [-0.4, -0.2) is 43.3 Å². The van der Waals surface area contributed by atoms with Crippen LogP contribution in [0.1, 0.15) is 11.1 Å². The van der Waals surface area contributed by atoms with E-state index in [4.69, 9.17) is 14.2 Å². The number of methoxy groups -OCH3 is 1. The molecule has 0 saturated heterocycles. The van der Waals surface area contributed by atoms with Gasteiger partial charge >= 0.3 is 5.97 Å². The van der Waals surface area contributed by atoms with Gasteiger partial charge in [-0.25, -0.2) is 4.79 Å². The molecule has 1 aliphatic rings. The molecule has 0 unspecified atom stereocenters. The van der Waals surface area contributed by atoms with Gasteiger partial charge in [-0.2, -0.15) is 0 Å². The number of phenols is 1. The van der Waals surface area contributed by atoms with E-state index in [0.717, 1.165) is 11.1 Å². The van der Waals surface area contributed by atoms with Gasteiger partial charge in [-0.15, -0.1) is 0 Å². The Morgan fingerprint density at radius 1 is 1.07 bits per heavy atom. The van der Waals surface area contributed by atoms with E-state index >= 15 is 0 Å². The Labute approximate surface area is 156 Å². The number of esters is 1. The van der Waals surface area contributed by atoms with Gasteiger partial charge in [-0.3, -0.25) is 4.79 Å². The average molecular weight is 371 g/mol. The Morgan fingerprint density at radius 3 is 2.44 bits per heavy atom. The first kappa shape index (κ1) is 18.6. The monoisotopic (exact) mass is 371 g/mol. The van der Waals surface area contributed by atoms with Gasteiger partial charge in [0.1, 0.15) is 25.0 Å². The molecule has 7 nitrogen and oxygen atoms in total. The third kappa shape index (κ3) is 4.91. The van der Waals surface area contributed by atoms with Crippen LogP contribution < -0.4 is 14.8 Å². The topological polar surface area (TPSA) is 94.1 Å². The first-order valence-corrected chi connectivity index (χ1v) is 8.59. The molecule has 1 aliphatic heterocycles. The highest BCUT2D eigenvalue weighted by atomic mass is 16.6. The molecule has 0 radical (unpaired) electrons. The van der Waals surface area contributed by atoms with Crippen LogP contribution in [0.4, 0.5) is 0 Å². The van der Waals surface area contributed by atoms with Crippen molar-refractivity contribution in [3.63, 3.8) is 0 Å². The van der Waals surface area contributed by atoms with Crippen LogP contribution >= 0.6 is 0 Å². The molecule has 1 amide bonds. The molecule has 0 saturated carbocycles. The largest absolute Gasteiger partial charge is 0.508 e. The molecule has 0 aromatic heterocycles. The fraction of sp³-hybridized carbons (Fsp3) is 0.300. The van der Waals surface area contributed by atoms with Crippen molar-refractivity contribution in [3.8, 4) is 17.2 Å². The minimum Gasteiger partial charge on any atom is -0.508 e. The second-order valence-corrected chi connectivity index (χ2v) is 6.17. The van der Waals surface area contributed by atoms with Gasteiger partial charge in [0.15, 0.2) is 11.5 Å². The van der Waals surface area contributed by atoms with Gasteiger partial charge in [0.05, 0.1) is 13.5 Å². The molecule has 3 rings (SSSR count). The second-order valence-electron chi connectivity index (χ2n) is 6.17. The van der Waals surface area contributed by atoms with Gasteiger partial charge in [0, 0.05) is 6.42 Å². The van der Waals surface area contributed by atoms with Gasteiger partial charge in [0.2, 0.25) is 5.91 Å². The summed E-state index contributed by atoms with van der Waals surface area (Å²) in [6.45, 7) is 0.977. The SMILES string of the molecule is COC(=O)[C@@H](Cc1ccc(O)cc1)NC(=O)Cc1ccc2c(c1)OCCO2. The number of phenolic OH excluding ortho intramolecular Hbond substituents is 1. The lowest BCUT2D eigenvalue weighted by molar-refractivity contribution is -0.145. The summed E-state index contributed by atoms with van der Waals surface area (Å²) in [4.78, 5) is 24.5. The molecule has 0 spiro atoms. The van der Waals surface area contributed by atoms with Crippen molar-refractivity contribution >= 4 is 11.9 Å². The van der Waals surface area contributed by atoms with Crippen LogP contribution in [0, 0.1) is 0 Å². The number of carbonyl (C=O) groups excluding carboxylic acids is 2. The Morgan fingerprint density at radius 2 is 1.74 bits per heavy atom. The zero-order valence-electron chi connectivity index (χ0n) is 14.9. The zero-order chi connectivity index (χ0) is 19.2. The van der Waals surface area contributed by atoms with E-state index in [0.29, 0.717) is 24.7 Å². The summed E-state index contributed by atoms with van der Waals surface area (Å²) in [6.07, 6.45) is 0.361. The van der Waals surface area contributed by atoms with Crippen molar-refractivity contribution in [1.82, 2.24) is 5.32 Å². The first-order chi connectivity index (χ1) is 13.0. The van der Waals surface area contributed by atoms with Crippen molar-refractivity contribution in [1.29, 1.82) is 0 Å². The molecule has 0 aliphatic carbocycles. The molecule has 2 N–H and O–H groups in total. The van der Waals surface area contributed by atoms with E-state index in [-0.39, 0.29) is 24.5 Å². The second kappa shape index (κ2) is 8.44. The average Bonchev–Trinajstić information content (AvgIpc) is 2.68. The van der Waals surface area contributed by atoms with Crippen LogP contribution in [-0.2, 0) is 27.2 Å². The summed E-state index contributed by atoms with van der Waals surface area (Å²) in [5.74, 6) is 0.570. The first-order valence-electron chi connectivity index (χ1n) is 8.59. The maximum absolute atomic E-state index is 12.4. The van der Waals surface area contributed by atoms with E-state index in [9.17, 15) is 14.7 Å². The van der Waals surface area contributed by atoms with Crippen LogP contribution in [0.3, 0.4) is 0 Å². The normalized spacial score (nSPS) is 13.5. The third-order valence-corrected chi connectivity index (χ3v) is 4.17. The number of carbonyl (C=O) groups is 2. The van der Waals surface area contributed by atoms with E-state index in [1.54, 1.807) is 30.3 Å². The zero-order valence-corrected chi connectivity index (χ0v) is 14.9. The molecule has 0 bridgehead atoms. The lowest BCUT2D eigenvalue weighted by Gasteiger charge is -2.19. The smallest absolute Gasteiger partial charge is 0.328 e. The predicted molar refractivity (Wildman–Crippen MR) is 96.9 cm³/mol. The van der Waals surface area contributed by atoms with E-state index in [1.807, 2.05) is 0 Å². The number of amides is 1. The van der Waals surface area contributed by atoms with Crippen LogP contribution in [0.2, 0.25) is 0 Å². The minimum atomic E-state index is -0.816. The van der Waals surface area contributed by atoms with Crippen molar-refractivity contribution in [2.45, 2.75) is 18.9 Å². The van der Waals surface area contributed by atoms with Crippen molar-refractivity contribution in [2.75, 3.05) is 20.3 Å². The van der Waals surface area contributed by atoms with E-state index in [1.165, 1.54) is 19.2 Å². The Kier molecular flexibility index (Phi) is 5.80. The minimum absolute atomic E-state index is 0.0969. The van der Waals surface area contributed by atoms with E-state index < -0.39 is 12.0 Å². The lowest BCUT2D eigenvalue weighted by atomic mass is 10.0. The van der Waals surface area contributed by atoms with E-state index in [2.05, 4.69) is 5.32 Å². The van der Waals surface area contributed by atoms with Crippen molar-refractivity contribution in [2.24, 2.45) is 0 Å². The summed E-state index contributed by atoms with van der Waals surface area (Å²) in [7, 11) is 1.28. The molecule has 1 atom stereocenters.